The van der Waals surface area contributed by atoms with Crippen LogP contribution in [0.15, 0.2) is 53.4 Å². The van der Waals surface area contributed by atoms with E-state index in [9.17, 15) is 0 Å². The minimum Gasteiger partial charge on any atom is -0.497 e. The third-order valence-corrected chi connectivity index (χ3v) is 7.75. The van der Waals surface area contributed by atoms with Crippen molar-refractivity contribution >= 4 is 11.6 Å². The number of anilines is 1. The summed E-state index contributed by atoms with van der Waals surface area (Å²) in [6.07, 6.45) is 6.89. The van der Waals surface area contributed by atoms with Gasteiger partial charge in [-0.1, -0.05) is 6.07 Å². The smallest absolute Gasteiger partial charge is 0.245 e. The summed E-state index contributed by atoms with van der Waals surface area (Å²) in [6.45, 7) is 6.38. The van der Waals surface area contributed by atoms with Crippen LogP contribution < -0.4 is 20.5 Å². The average Bonchev–Trinajstić information content (AvgIpc) is 3.63. The van der Waals surface area contributed by atoms with Crippen molar-refractivity contribution in [3.05, 3.63) is 77.2 Å². The molecule has 41 heavy (non-hydrogen) atoms. The molecule has 0 amide bonds. The van der Waals surface area contributed by atoms with Crippen molar-refractivity contribution in [2.45, 2.75) is 57.5 Å². The SMILES string of the molecule is COc1ccc(CNc2nc(-c3ncco3)c(C)c3nc([C@H]4C[C@H](c5ccc(C(C)(C)N)cn5)C4)nn23)c(OC)c1. The first-order valence-electron chi connectivity index (χ1n) is 13.6. The number of hydrogen-bond donors (Lipinski definition) is 2. The molecule has 0 atom stereocenters. The molecule has 0 aliphatic heterocycles. The Bertz CT molecular complexity index is 1670. The third-order valence-electron chi connectivity index (χ3n) is 7.75. The monoisotopic (exact) mass is 554 g/mol. The number of benzene rings is 1. The van der Waals surface area contributed by atoms with E-state index in [-0.39, 0.29) is 5.92 Å². The Morgan fingerprint density at radius 2 is 1.90 bits per heavy atom. The number of aryl methyl sites for hydroxylation is 1. The number of rotatable bonds is 9. The lowest BCUT2D eigenvalue weighted by Crippen LogP contribution is -2.29. The van der Waals surface area contributed by atoms with Gasteiger partial charge in [0.25, 0.3) is 0 Å². The van der Waals surface area contributed by atoms with Crippen LogP contribution in [-0.2, 0) is 12.1 Å². The highest BCUT2D eigenvalue weighted by Gasteiger charge is 2.36. The zero-order valence-electron chi connectivity index (χ0n) is 23.9. The van der Waals surface area contributed by atoms with Crippen LogP contribution in [0.5, 0.6) is 11.5 Å². The number of oxazole rings is 1. The third kappa shape index (κ3) is 5.08. The Balaban J connectivity index is 1.28. The highest BCUT2D eigenvalue weighted by molar-refractivity contribution is 5.66. The van der Waals surface area contributed by atoms with Gasteiger partial charge >= 0.3 is 0 Å². The van der Waals surface area contributed by atoms with E-state index < -0.39 is 5.54 Å². The number of methoxy groups -OCH3 is 2. The first-order chi connectivity index (χ1) is 19.7. The maximum Gasteiger partial charge on any atom is 0.245 e. The topological polar surface area (TPSA) is 139 Å². The Labute approximate surface area is 238 Å². The van der Waals surface area contributed by atoms with Crippen LogP contribution >= 0.6 is 0 Å². The number of nitrogens with two attached hydrogens (primary N) is 1. The fourth-order valence-corrected chi connectivity index (χ4v) is 5.17. The van der Waals surface area contributed by atoms with Crippen LogP contribution in [0.2, 0.25) is 0 Å². The van der Waals surface area contributed by atoms with E-state index in [0.29, 0.717) is 41.4 Å². The second-order valence-electron chi connectivity index (χ2n) is 11.0. The highest BCUT2D eigenvalue weighted by atomic mass is 16.5. The molecule has 11 heteroatoms. The molecule has 1 saturated carbocycles. The number of nitrogens with one attached hydrogen (secondary N) is 1. The molecule has 3 N–H and O–H groups in total. The van der Waals surface area contributed by atoms with Crippen LogP contribution in [0.3, 0.4) is 0 Å². The minimum atomic E-state index is -0.408. The van der Waals surface area contributed by atoms with Gasteiger partial charge in [-0.2, -0.15) is 4.52 Å². The summed E-state index contributed by atoms with van der Waals surface area (Å²) in [5.41, 5.74) is 11.0. The fourth-order valence-electron chi connectivity index (χ4n) is 5.17. The van der Waals surface area contributed by atoms with Crippen molar-refractivity contribution in [2.75, 3.05) is 19.5 Å². The molecule has 6 rings (SSSR count). The average molecular weight is 555 g/mol. The fraction of sp³-hybridized carbons (Fsp3) is 0.367. The second-order valence-corrected chi connectivity index (χ2v) is 11.0. The molecule has 4 aromatic heterocycles. The molecule has 0 unspecified atom stereocenters. The molecule has 11 nitrogen and oxygen atoms in total. The molecular formula is C30H34N8O3. The van der Waals surface area contributed by atoms with E-state index in [1.54, 1.807) is 24.9 Å². The number of ether oxygens (including phenoxy) is 2. The number of fused-ring (bicyclic) bond motifs is 1. The summed E-state index contributed by atoms with van der Waals surface area (Å²) < 4.78 is 18.3. The summed E-state index contributed by atoms with van der Waals surface area (Å²) >= 11 is 0. The molecule has 1 aromatic carbocycles. The van der Waals surface area contributed by atoms with Crippen molar-refractivity contribution in [1.82, 2.24) is 29.5 Å². The van der Waals surface area contributed by atoms with Gasteiger partial charge in [0.2, 0.25) is 11.8 Å². The Morgan fingerprint density at radius 3 is 2.56 bits per heavy atom. The van der Waals surface area contributed by atoms with Crippen molar-refractivity contribution in [3.63, 3.8) is 0 Å². The minimum absolute atomic E-state index is 0.228. The van der Waals surface area contributed by atoms with Crippen molar-refractivity contribution in [3.8, 4) is 23.1 Å². The lowest BCUT2D eigenvalue weighted by Gasteiger charge is -2.33. The lowest BCUT2D eigenvalue weighted by molar-refractivity contribution is 0.332. The predicted octanol–water partition coefficient (Wildman–Crippen LogP) is 4.97. The van der Waals surface area contributed by atoms with Gasteiger partial charge in [-0.15, -0.1) is 5.10 Å². The van der Waals surface area contributed by atoms with E-state index >= 15 is 0 Å². The van der Waals surface area contributed by atoms with Gasteiger partial charge in [-0.25, -0.2) is 15.0 Å². The Morgan fingerprint density at radius 1 is 1.07 bits per heavy atom. The maximum atomic E-state index is 6.22. The number of nitrogens with zero attached hydrogens (tertiary/aromatic N) is 6. The molecule has 1 aliphatic carbocycles. The zero-order chi connectivity index (χ0) is 28.7. The second kappa shape index (κ2) is 10.5. The molecule has 4 heterocycles. The van der Waals surface area contributed by atoms with Gasteiger partial charge in [0, 0.05) is 53.0 Å². The van der Waals surface area contributed by atoms with Crippen molar-refractivity contribution in [1.29, 1.82) is 0 Å². The van der Waals surface area contributed by atoms with Crippen LogP contribution in [0.1, 0.15) is 66.7 Å². The number of hydrogen-bond acceptors (Lipinski definition) is 10. The van der Waals surface area contributed by atoms with E-state index in [0.717, 1.165) is 46.8 Å². The summed E-state index contributed by atoms with van der Waals surface area (Å²) in [4.78, 5) is 18.9. The van der Waals surface area contributed by atoms with Gasteiger partial charge in [-0.05, 0) is 57.4 Å². The highest BCUT2D eigenvalue weighted by Crippen LogP contribution is 2.46. The molecule has 0 bridgehead atoms. The first kappa shape index (κ1) is 26.7. The summed E-state index contributed by atoms with van der Waals surface area (Å²) in [7, 11) is 3.27. The molecule has 212 valence electrons. The summed E-state index contributed by atoms with van der Waals surface area (Å²) in [5.74, 6) is 3.79. The van der Waals surface area contributed by atoms with Crippen LogP contribution in [0, 0.1) is 6.92 Å². The van der Waals surface area contributed by atoms with E-state index in [2.05, 4.69) is 22.4 Å². The van der Waals surface area contributed by atoms with Gasteiger partial charge in [0.15, 0.2) is 11.5 Å². The standard InChI is InChI=1S/C30H34N8O3/c1-17-25(28-32-10-11-41-28)35-29(34-15-18-6-8-22(39-4)14-24(18)40-5)38-27(17)36-26(37-38)20-12-19(13-20)23-9-7-21(16-33-23)30(2,3)31/h6-11,14,16,19-20H,12-13,15,31H2,1-5H3,(H,34,35)/t19-,20-. The molecule has 5 aromatic rings. The molecule has 0 saturated heterocycles. The Hall–Kier alpha value is -4.51. The Kier molecular flexibility index (Phi) is 6.82. The number of aromatic nitrogens is 6. The largest absolute Gasteiger partial charge is 0.497 e. The first-order valence-corrected chi connectivity index (χ1v) is 13.6. The summed E-state index contributed by atoms with van der Waals surface area (Å²) in [6, 6.07) is 9.88. The number of pyridine rings is 1. The molecule has 0 spiro atoms. The quantitative estimate of drug-likeness (QED) is 0.257. The molecule has 1 aliphatic rings. The van der Waals surface area contributed by atoms with Crippen molar-refractivity contribution in [2.24, 2.45) is 5.73 Å². The maximum absolute atomic E-state index is 6.22. The van der Waals surface area contributed by atoms with E-state index in [4.69, 9.17) is 39.7 Å². The molecule has 0 radical (unpaired) electrons. The molecule has 1 fully saturated rings. The van der Waals surface area contributed by atoms with Crippen LogP contribution in [0.25, 0.3) is 17.2 Å². The lowest BCUT2D eigenvalue weighted by atomic mass is 9.72. The van der Waals surface area contributed by atoms with Gasteiger partial charge < -0.3 is 24.9 Å². The van der Waals surface area contributed by atoms with E-state index in [1.807, 2.05) is 45.2 Å². The molecular weight excluding hydrogens is 520 g/mol. The van der Waals surface area contributed by atoms with Crippen LogP contribution in [-0.4, -0.2) is 43.8 Å². The van der Waals surface area contributed by atoms with E-state index in [1.165, 1.54) is 6.26 Å². The summed E-state index contributed by atoms with van der Waals surface area (Å²) in [5, 5.41) is 8.34. The van der Waals surface area contributed by atoms with Crippen molar-refractivity contribution < 1.29 is 13.9 Å². The van der Waals surface area contributed by atoms with Gasteiger partial charge in [0.05, 0.1) is 20.4 Å². The van der Waals surface area contributed by atoms with Gasteiger partial charge in [0.1, 0.15) is 23.5 Å². The normalized spacial score (nSPS) is 16.9. The zero-order valence-corrected chi connectivity index (χ0v) is 23.9. The predicted molar refractivity (Wildman–Crippen MR) is 154 cm³/mol. The van der Waals surface area contributed by atoms with Gasteiger partial charge in [-0.3, -0.25) is 4.98 Å². The van der Waals surface area contributed by atoms with Crippen LogP contribution in [0.4, 0.5) is 5.95 Å².